The molecule has 1 aliphatic rings. The molecule has 0 saturated heterocycles. The predicted molar refractivity (Wildman–Crippen MR) is 40.6 cm³/mol. The molecule has 5 unspecified atom stereocenters. The van der Waals surface area contributed by atoms with E-state index in [0.717, 1.165) is 0 Å². The Labute approximate surface area is 74.7 Å². The van der Waals surface area contributed by atoms with Gasteiger partial charge in [-0.25, -0.2) is 0 Å². The van der Waals surface area contributed by atoms with Crippen LogP contribution in [0, 0.1) is 5.92 Å². The highest BCUT2D eigenvalue weighted by atomic mass is 16.4. The van der Waals surface area contributed by atoms with E-state index in [1.807, 2.05) is 0 Å². The quantitative estimate of drug-likeness (QED) is 0.256. The van der Waals surface area contributed by atoms with Gasteiger partial charge in [0.25, 0.3) is 0 Å². The van der Waals surface area contributed by atoms with Gasteiger partial charge >= 0.3 is 0 Å². The molecule has 13 heavy (non-hydrogen) atoms. The molecule has 0 aromatic carbocycles. The number of rotatable bonds is 1. The zero-order chi connectivity index (χ0) is 10.2. The Morgan fingerprint density at radius 3 is 1.23 bits per heavy atom. The fraction of sp³-hybridized carbons (Fsp3) is 1.00. The van der Waals surface area contributed by atoms with Crippen molar-refractivity contribution in [3.05, 3.63) is 0 Å². The standard InChI is InChI=1S/C7H14O6/c8-1-2-3(9)5(11)7(13)6(12)4(2)10/h2-13H,1H2/t2?,3?,4?,5-,6?,7?/m1/s1. The molecule has 0 aromatic heterocycles. The second kappa shape index (κ2) is 3.87. The fourth-order valence-electron chi connectivity index (χ4n) is 1.53. The maximum Gasteiger partial charge on any atom is 0.111 e. The SMILES string of the molecule is OCC1C(O)C(O)C(O)[C@H](O)C1O. The Morgan fingerprint density at radius 1 is 0.615 bits per heavy atom. The normalized spacial score (nSPS) is 52.2. The van der Waals surface area contributed by atoms with E-state index in [-0.39, 0.29) is 0 Å². The Kier molecular flexibility index (Phi) is 3.23. The van der Waals surface area contributed by atoms with E-state index in [2.05, 4.69) is 0 Å². The minimum Gasteiger partial charge on any atom is -0.396 e. The third-order valence-corrected chi connectivity index (χ3v) is 2.49. The first-order chi connectivity index (χ1) is 6.00. The first-order valence-corrected chi connectivity index (χ1v) is 4.02. The average Bonchev–Trinajstić information content (AvgIpc) is 2.13. The summed E-state index contributed by atoms with van der Waals surface area (Å²) in [4.78, 5) is 0. The van der Waals surface area contributed by atoms with E-state index in [4.69, 9.17) is 20.4 Å². The summed E-state index contributed by atoms with van der Waals surface area (Å²) in [6.45, 7) is -0.566. The van der Waals surface area contributed by atoms with Crippen LogP contribution in [0.3, 0.4) is 0 Å². The lowest BCUT2D eigenvalue weighted by atomic mass is 9.79. The van der Waals surface area contributed by atoms with Crippen molar-refractivity contribution in [2.24, 2.45) is 5.92 Å². The van der Waals surface area contributed by atoms with Gasteiger partial charge in [0.05, 0.1) is 18.8 Å². The molecule has 78 valence electrons. The van der Waals surface area contributed by atoms with Crippen LogP contribution in [0.15, 0.2) is 0 Å². The van der Waals surface area contributed by atoms with Crippen LogP contribution in [-0.2, 0) is 0 Å². The van der Waals surface area contributed by atoms with Crippen LogP contribution in [0.5, 0.6) is 0 Å². The number of aliphatic hydroxyl groups is 6. The van der Waals surface area contributed by atoms with E-state index in [0.29, 0.717) is 0 Å². The van der Waals surface area contributed by atoms with Gasteiger partial charge in [0.2, 0.25) is 0 Å². The minimum atomic E-state index is -1.59. The smallest absolute Gasteiger partial charge is 0.111 e. The third kappa shape index (κ3) is 1.69. The summed E-state index contributed by atoms with van der Waals surface area (Å²) < 4.78 is 0. The zero-order valence-corrected chi connectivity index (χ0v) is 6.85. The first-order valence-electron chi connectivity index (χ1n) is 4.02. The van der Waals surface area contributed by atoms with Gasteiger partial charge in [-0.2, -0.15) is 0 Å². The van der Waals surface area contributed by atoms with E-state index in [9.17, 15) is 10.2 Å². The van der Waals surface area contributed by atoms with Gasteiger partial charge < -0.3 is 30.6 Å². The van der Waals surface area contributed by atoms with Crippen molar-refractivity contribution in [1.29, 1.82) is 0 Å². The van der Waals surface area contributed by atoms with Crippen molar-refractivity contribution < 1.29 is 30.6 Å². The summed E-state index contributed by atoms with van der Waals surface area (Å²) in [7, 11) is 0. The average molecular weight is 194 g/mol. The predicted octanol–water partition coefficient (Wildman–Crippen LogP) is -3.59. The number of aliphatic hydroxyl groups excluding tert-OH is 6. The number of hydrogen-bond acceptors (Lipinski definition) is 6. The van der Waals surface area contributed by atoms with Crippen molar-refractivity contribution in [2.75, 3.05) is 6.61 Å². The van der Waals surface area contributed by atoms with Gasteiger partial charge in [0.15, 0.2) is 0 Å². The second-order valence-corrected chi connectivity index (χ2v) is 3.30. The van der Waals surface area contributed by atoms with Crippen LogP contribution in [0.25, 0.3) is 0 Å². The van der Waals surface area contributed by atoms with Crippen molar-refractivity contribution in [3.8, 4) is 0 Å². The van der Waals surface area contributed by atoms with E-state index >= 15 is 0 Å². The summed E-state index contributed by atoms with van der Waals surface area (Å²) in [6.07, 6.45) is -7.55. The van der Waals surface area contributed by atoms with E-state index < -0.39 is 43.0 Å². The zero-order valence-electron chi connectivity index (χ0n) is 6.85. The molecule has 0 amide bonds. The topological polar surface area (TPSA) is 121 Å². The molecule has 0 radical (unpaired) electrons. The van der Waals surface area contributed by atoms with Gasteiger partial charge in [0.1, 0.15) is 18.3 Å². The van der Waals surface area contributed by atoms with Gasteiger partial charge in [-0.15, -0.1) is 0 Å². The molecule has 6 atom stereocenters. The van der Waals surface area contributed by atoms with Crippen LogP contribution in [0.2, 0.25) is 0 Å². The molecule has 1 fully saturated rings. The van der Waals surface area contributed by atoms with Crippen molar-refractivity contribution in [1.82, 2.24) is 0 Å². The van der Waals surface area contributed by atoms with Gasteiger partial charge in [-0.3, -0.25) is 0 Å². The molecule has 0 spiro atoms. The van der Waals surface area contributed by atoms with Gasteiger partial charge in [-0.1, -0.05) is 0 Å². The molecule has 6 heteroatoms. The Morgan fingerprint density at radius 2 is 0.923 bits per heavy atom. The van der Waals surface area contributed by atoms with Crippen LogP contribution in [0.1, 0.15) is 0 Å². The van der Waals surface area contributed by atoms with Crippen molar-refractivity contribution in [2.45, 2.75) is 30.5 Å². The van der Waals surface area contributed by atoms with Crippen molar-refractivity contribution in [3.63, 3.8) is 0 Å². The lowest BCUT2D eigenvalue weighted by Crippen LogP contribution is -2.61. The highest BCUT2D eigenvalue weighted by molar-refractivity contribution is 4.97. The molecular formula is C7H14O6. The minimum absolute atomic E-state index is 0.566. The van der Waals surface area contributed by atoms with Gasteiger partial charge in [-0.05, 0) is 0 Å². The Hall–Kier alpha value is -0.240. The third-order valence-electron chi connectivity index (χ3n) is 2.49. The largest absolute Gasteiger partial charge is 0.396 e. The maximum atomic E-state index is 9.25. The molecule has 0 bridgehead atoms. The first kappa shape index (κ1) is 10.8. The summed E-state index contributed by atoms with van der Waals surface area (Å²) in [5.74, 6) is -1.03. The maximum absolute atomic E-state index is 9.25. The highest BCUT2D eigenvalue weighted by Gasteiger charge is 2.47. The Bertz CT molecular complexity index is 158. The molecule has 0 aliphatic heterocycles. The second-order valence-electron chi connectivity index (χ2n) is 3.30. The molecular weight excluding hydrogens is 180 g/mol. The fourth-order valence-corrected chi connectivity index (χ4v) is 1.53. The number of hydrogen-bond donors (Lipinski definition) is 6. The molecule has 6 N–H and O–H groups in total. The molecule has 1 aliphatic carbocycles. The van der Waals surface area contributed by atoms with Crippen LogP contribution >= 0.6 is 0 Å². The van der Waals surface area contributed by atoms with Crippen LogP contribution in [-0.4, -0.2) is 67.8 Å². The lowest BCUT2D eigenvalue weighted by Gasteiger charge is -2.41. The highest BCUT2D eigenvalue weighted by Crippen LogP contribution is 2.25. The van der Waals surface area contributed by atoms with E-state index in [1.54, 1.807) is 0 Å². The van der Waals surface area contributed by atoms with Crippen LogP contribution in [0.4, 0.5) is 0 Å². The molecule has 6 nitrogen and oxygen atoms in total. The molecule has 0 heterocycles. The monoisotopic (exact) mass is 194 g/mol. The summed E-state index contributed by atoms with van der Waals surface area (Å²) >= 11 is 0. The van der Waals surface area contributed by atoms with Crippen molar-refractivity contribution >= 4 is 0 Å². The molecule has 1 saturated carbocycles. The molecule has 0 aromatic rings. The lowest BCUT2D eigenvalue weighted by molar-refractivity contribution is -0.209. The van der Waals surface area contributed by atoms with Gasteiger partial charge in [0, 0.05) is 5.92 Å². The summed E-state index contributed by atoms with van der Waals surface area (Å²) in [6, 6.07) is 0. The molecule has 1 rings (SSSR count). The summed E-state index contributed by atoms with van der Waals surface area (Å²) in [5, 5.41) is 54.6. The Balaban J connectivity index is 2.79. The van der Waals surface area contributed by atoms with Crippen LogP contribution < -0.4 is 0 Å². The summed E-state index contributed by atoms with van der Waals surface area (Å²) in [5.41, 5.74) is 0. The van der Waals surface area contributed by atoms with E-state index in [1.165, 1.54) is 0 Å².